The topological polar surface area (TPSA) is 46.6 Å². The van der Waals surface area contributed by atoms with Gasteiger partial charge in [-0.25, -0.2) is 4.79 Å². The van der Waals surface area contributed by atoms with Crippen LogP contribution in [0.5, 0.6) is 0 Å². The van der Waals surface area contributed by atoms with E-state index in [-0.39, 0.29) is 5.78 Å². The van der Waals surface area contributed by atoms with Gasteiger partial charge >= 0.3 is 5.97 Å². The van der Waals surface area contributed by atoms with E-state index in [9.17, 15) is 9.59 Å². The average molecular weight is 359 g/mol. The normalized spacial score (nSPS) is 11.5. The van der Waals surface area contributed by atoms with Crippen molar-refractivity contribution < 1.29 is 14.3 Å². The van der Waals surface area contributed by atoms with E-state index in [2.05, 4.69) is 0 Å². The number of Topliss-reactive ketones (excluding diaryl/α,β-unsaturated/α-hetero) is 1. The van der Waals surface area contributed by atoms with Crippen LogP contribution in [-0.2, 0) is 4.74 Å². The largest absolute Gasteiger partial charge is 0.445 e. The van der Waals surface area contributed by atoms with Gasteiger partial charge in [0.1, 0.15) is 0 Å². The first-order chi connectivity index (χ1) is 13.1. The first kappa shape index (κ1) is 18.4. The first-order valence-corrected chi connectivity index (χ1v) is 8.69. The zero-order valence-corrected chi connectivity index (χ0v) is 15.3. The summed E-state index contributed by atoms with van der Waals surface area (Å²) in [6.45, 7) is 0. The van der Waals surface area contributed by atoms with Crippen LogP contribution in [0.1, 0.15) is 32.4 Å². The van der Waals surface area contributed by atoms with Crippen molar-refractivity contribution in [3.05, 3.63) is 102 Å². The maximum Gasteiger partial charge on any atom is 0.339 e. The number of benzene rings is 3. The molecule has 3 aromatic carbocycles. The zero-order chi connectivity index (χ0) is 19.2. The van der Waals surface area contributed by atoms with Gasteiger partial charge in [-0.2, -0.15) is 0 Å². The third-order valence-electron chi connectivity index (χ3n) is 4.24. The lowest BCUT2D eigenvalue weighted by Crippen LogP contribution is -2.20. The molecule has 0 aliphatic rings. The van der Waals surface area contributed by atoms with Gasteiger partial charge in [-0.15, -0.1) is 0 Å². The van der Waals surface area contributed by atoms with Crippen molar-refractivity contribution in [2.45, 2.75) is 6.10 Å². The van der Waals surface area contributed by atoms with Crippen LogP contribution in [0.3, 0.4) is 0 Å². The molecule has 0 amide bonds. The standard InChI is InChI=1S/C23H21NO3/c1-24(2)20-15-13-19(14-16-20)23(26)27-22(18-11-7-4-8-12-18)21(25)17-9-5-3-6-10-17/h3-16,22H,1-2H3/t22-/m1/s1. The summed E-state index contributed by atoms with van der Waals surface area (Å²) in [5.74, 6) is -0.779. The number of ketones is 1. The molecule has 1 atom stereocenters. The number of esters is 1. The van der Waals surface area contributed by atoms with Crippen LogP contribution in [0.4, 0.5) is 5.69 Å². The number of nitrogens with zero attached hydrogens (tertiary/aromatic N) is 1. The van der Waals surface area contributed by atoms with Gasteiger partial charge in [-0.1, -0.05) is 60.7 Å². The Morgan fingerprint density at radius 1 is 0.741 bits per heavy atom. The SMILES string of the molecule is CN(C)c1ccc(C(=O)O[C@@H](C(=O)c2ccccc2)c2ccccc2)cc1. The number of anilines is 1. The van der Waals surface area contributed by atoms with Crippen LogP contribution in [0.15, 0.2) is 84.9 Å². The van der Waals surface area contributed by atoms with Gasteiger partial charge in [0, 0.05) is 30.9 Å². The number of hydrogen-bond acceptors (Lipinski definition) is 4. The minimum absolute atomic E-state index is 0.250. The third-order valence-corrected chi connectivity index (χ3v) is 4.24. The summed E-state index contributed by atoms with van der Waals surface area (Å²) in [6.07, 6.45) is -0.991. The molecular weight excluding hydrogens is 338 g/mol. The van der Waals surface area contributed by atoms with E-state index in [1.54, 1.807) is 48.5 Å². The smallest absolute Gasteiger partial charge is 0.339 e. The van der Waals surface area contributed by atoms with Crippen molar-refractivity contribution >= 4 is 17.4 Å². The molecule has 0 heterocycles. The van der Waals surface area contributed by atoms with Crippen molar-refractivity contribution in [2.24, 2.45) is 0 Å². The summed E-state index contributed by atoms with van der Waals surface area (Å²) >= 11 is 0. The van der Waals surface area contributed by atoms with Crippen LogP contribution < -0.4 is 4.90 Å². The second kappa shape index (κ2) is 8.32. The Labute approximate surface area is 159 Å². The van der Waals surface area contributed by atoms with Crippen LogP contribution in [0, 0.1) is 0 Å². The second-order valence-corrected chi connectivity index (χ2v) is 6.37. The van der Waals surface area contributed by atoms with E-state index in [1.807, 2.05) is 55.4 Å². The molecule has 0 aliphatic carbocycles. The minimum atomic E-state index is -0.991. The number of hydrogen-bond donors (Lipinski definition) is 0. The second-order valence-electron chi connectivity index (χ2n) is 6.37. The highest BCUT2D eigenvalue weighted by Crippen LogP contribution is 2.24. The van der Waals surface area contributed by atoms with Crippen molar-refractivity contribution in [1.82, 2.24) is 0 Å². The predicted octanol–water partition coefficient (Wildman–Crippen LogP) is 4.53. The molecule has 0 fully saturated rings. The van der Waals surface area contributed by atoms with E-state index in [0.717, 1.165) is 5.69 Å². The lowest BCUT2D eigenvalue weighted by atomic mass is 10.00. The van der Waals surface area contributed by atoms with Crippen molar-refractivity contribution in [2.75, 3.05) is 19.0 Å². The quantitative estimate of drug-likeness (QED) is 0.479. The van der Waals surface area contributed by atoms with Gasteiger partial charge in [0.2, 0.25) is 5.78 Å². The molecule has 0 saturated carbocycles. The Morgan fingerprint density at radius 3 is 1.85 bits per heavy atom. The van der Waals surface area contributed by atoms with E-state index in [0.29, 0.717) is 16.7 Å². The predicted molar refractivity (Wildman–Crippen MR) is 106 cm³/mol. The fourth-order valence-corrected chi connectivity index (χ4v) is 2.73. The summed E-state index contributed by atoms with van der Waals surface area (Å²) in [4.78, 5) is 27.6. The van der Waals surface area contributed by atoms with Crippen molar-refractivity contribution in [3.63, 3.8) is 0 Å². The highest BCUT2D eigenvalue weighted by atomic mass is 16.5. The Kier molecular flexibility index (Phi) is 5.67. The number of ether oxygens (including phenoxy) is 1. The Hall–Kier alpha value is -3.40. The molecule has 3 rings (SSSR count). The van der Waals surface area contributed by atoms with Gasteiger partial charge in [0.25, 0.3) is 0 Å². The van der Waals surface area contributed by atoms with Gasteiger partial charge < -0.3 is 9.64 Å². The maximum absolute atomic E-state index is 13.0. The molecule has 27 heavy (non-hydrogen) atoms. The fraction of sp³-hybridized carbons (Fsp3) is 0.130. The zero-order valence-electron chi connectivity index (χ0n) is 15.3. The number of carbonyl (C=O) groups is 2. The summed E-state index contributed by atoms with van der Waals surface area (Å²) in [6, 6.07) is 25.0. The molecule has 3 aromatic rings. The summed E-state index contributed by atoms with van der Waals surface area (Å²) in [7, 11) is 3.86. The van der Waals surface area contributed by atoms with Gasteiger partial charge in [0.15, 0.2) is 6.10 Å². The lowest BCUT2D eigenvalue weighted by molar-refractivity contribution is 0.0280. The van der Waals surface area contributed by atoms with Gasteiger partial charge in [-0.3, -0.25) is 4.79 Å². The highest BCUT2D eigenvalue weighted by Gasteiger charge is 2.26. The van der Waals surface area contributed by atoms with Gasteiger partial charge in [-0.05, 0) is 24.3 Å². The van der Waals surface area contributed by atoms with Crippen LogP contribution >= 0.6 is 0 Å². The monoisotopic (exact) mass is 359 g/mol. The molecule has 0 aromatic heterocycles. The summed E-state index contributed by atoms with van der Waals surface area (Å²) < 4.78 is 5.64. The Morgan fingerprint density at radius 2 is 1.30 bits per heavy atom. The molecule has 4 heteroatoms. The molecule has 0 radical (unpaired) electrons. The molecule has 136 valence electrons. The van der Waals surface area contributed by atoms with Gasteiger partial charge in [0.05, 0.1) is 5.56 Å². The highest BCUT2D eigenvalue weighted by molar-refractivity contribution is 6.02. The molecule has 0 saturated heterocycles. The Balaban J connectivity index is 1.87. The molecule has 0 spiro atoms. The average Bonchev–Trinajstić information content (AvgIpc) is 2.72. The first-order valence-electron chi connectivity index (χ1n) is 8.69. The van der Waals surface area contributed by atoms with Crippen LogP contribution in [0.25, 0.3) is 0 Å². The van der Waals surface area contributed by atoms with E-state index < -0.39 is 12.1 Å². The summed E-state index contributed by atoms with van der Waals surface area (Å²) in [5.41, 5.74) is 2.53. The molecule has 0 aliphatic heterocycles. The third kappa shape index (κ3) is 4.42. The number of carbonyl (C=O) groups excluding carboxylic acids is 2. The maximum atomic E-state index is 13.0. The van der Waals surface area contributed by atoms with Crippen LogP contribution in [0.2, 0.25) is 0 Å². The van der Waals surface area contributed by atoms with Crippen molar-refractivity contribution in [3.8, 4) is 0 Å². The molecule has 0 bridgehead atoms. The lowest BCUT2D eigenvalue weighted by Gasteiger charge is -2.18. The summed E-state index contributed by atoms with van der Waals surface area (Å²) in [5, 5.41) is 0. The van der Waals surface area contributed by atoms with E-state index >= 15 is 0 Å². The van der Waals surface area contributed by atoms with Crippen LogP contribution in [-0.4, -0.2) is 25.8 Å². The molecular formula is C23H21NO3. The Bertz CT molecular complexity index is 903. The fourth-order valence-electron chi connectivity index (χ4n) is 2.73. The van der Waals surface area contributed by atoms with E-state index in [4.69, 9.17) is 4.74 Å². The molecule has 0 unspecified atom stereocenters. The van der Waals surface area contributed by atoms with E-state index in [1.165, 1.54) is 0 Å². The minimum Gasteiger partial charge on any atom is -0.445 e. The molecule has 0 N–H and O–H groups in total. The molecule has 4 nitrogen and oxygen atoms in total. The number of rotatable bonds is 6. The van der Waals surface area contributed by atoms with Crippen molar-refractivity contribution in [1.29, 1.82) is 0 Å².